The van der Waals surface area contributed by atoms with Crippen molar-refractivity contribution in [3.63, 3.8) is 0 Å². The van der Waals surface area contributed by atoms with E-state index in [1.54, 1.807) is 0 Å². The molecule has 0 aromatic heterocycles. The summed E-state index contributed by atoms with van der Waals surface area (Å²) in [6.45, 7) is 0. The second-order valence-corrected chi connectivity index (χ2v) is 6.23. The van der Waals surface area contributed by atoms with Gasteiger partial charge in [0.05, 0.1) is 0 Å². The minimum atomic E-state index is 0.801. The molecule has 0 nitrogen and oxygen atoms in total. The van der Waals surface area contributed by atoms with Crippen LogP contribution in [0.4, 0.5) is 0 Å². The molecule has 2 unspecified atom stereocenters. The zero-order valence-corrected chi connectivity index (χ0v) is 11.3. The van der Waals surface area contributed by atoms with Gasteiger partial charge in [0, 0.05) is 0 Å². The largest absolute Gasteiger partial charge is 0.0729 e. The molecule has 0 radical (unpaired) electrons. The van der Waals surface area contributed by atoms with Crippen molar-refractivity contribution in [1.82, 2.24) is 0 Å². The molecule has 0 amide bonds. The molecule has 3 aromatic rings. The third kappa shape index (κ3) is 1.37. The van der Waals surface area contributed by atoms with Gasteiger partial charge in [-0.05, 0) is 68.8 Å². The van der Waals surface area contributed by atoms with Crippen LogP contribution in [0, 0.1) is 11.8 Å². The maximum absolute atomic E-state index is 2.50. The van der Waals surface area contributed by atoms with E-state index in [2.05, 4.69) is 60.7 Å². The number of hydrogen-bond acceptors (Lipinski definition) is 0. The summed E-state index contributed by atoms with van der Waals surface area (Å²) in [5, 5.41) is 8.34. The zero-order valence-electron chi connectivity index (χ0n) is 11.3. The molecule has 0 heteroatoms. The smallest absolute Gasteiger partial charge is 0.00991 e. The summed E-state index contributed by atoms with van der Waals surface area (Å²) in [7, 11) is 0. The third-order valence-electron chi connectivity index (χ3n) is 5.12. The van der Waals surface area contributed by atoms with Crippen molar-refractivity contribution in [2.45, 2.75) is 12.8 Å². The van der Waals surface area contributed by atoms with Crippen LogP contribution in [0.1, 0.15) is 12.8 Å². The van der Waals surface area contributed by atoms with Crippen LogP contribution in [0.15, 0.2) is 48.5 Å². The molecule has 20 heavy (non-hydrogen) atoms. The lowest BCUT2D eigenvalue weighted by molar-refractivity contribution is 0.320. The molecule has 5 rings (SSSR count). The standard InChI is InChI=1S/C20H16/c1-2-4-19-13(3-1)5-8-16-11-17-9-14-6-7-15(14)10-18(17)12-20(16)19/h1-5,8-12,14-15H,6-7H2. The van der Waals surface area contributed by atoms with E-state index in [-0.39, 0.29) is 0 Å². The molecule has 0 saturated heterocycles. The van der Waals surface area contributed by atoms with Crippen LogP contribution < -0.4 is 10.4 Å². The summed E-state index contributed by atoms with van der Waals surface area (Å²) < 4.78 is 0. The van der Waals surface area contributed by atoms with Crippen LogP contribution in [0.2, 0.25) is 0 Å². The molecule has 2 atom stereocenters. The molecule has 96 valence electrons. The highest BCUT2D eigenvalue weighted by atomic mass is 14.3. The number of benzene rings is 3. The van der Waals surface area contributed by atoms with Crippen LogP contribution in [-0.2, 0) is 0 Å². The van der Waals surface area contributed by atoms with Crippen LogP contribution >= 0.6 is 0 Å². The van der Waals surface area contributed by atoms with E-state index < -0.39 is 0 Å². The average molecular weight is 256 g/mol. The lowest BCUT2D eigenvalue weighted by atomic mass is 9.71. The first-order chi connectivity index (χ1) is 9.88. The molecular formula is C20H16. The Morgan fingerprint density at radius 3 is 2.15 bits per heavy atom. The maximum Gasteiger partial charge on any atom is -0.00991 e. The molecule has 0 N–H and O–H groups in total. The SMILES string of the molecule is C1=c2cc3ccc4ccccc4c3cc2=CC2CCC12. The summed E-state index contributed by atoms with van der Waals surface area (Å²) in [5.74, 6) is 1.61. The quantitative estimate of drug-likeness (QED) is 0.539. The van der Waals surface area contributed by atoms with Gasteiger partial charge in [0.15, 0.2) is 0 Å². The fraction of sp³-hybridized carbons (Fsp3) is 0.200. The topological polar surface area (TPSA) is 0 Å². The van der Waals surface area contributed by atoms with Crippen LogP contribution in [0.3, 0.4) is 0 Å². The molecule has 1 saturated carbocycles. The molecule has 0 aliphatic heterocycles. The highest BCUT2D eigenvalue weighted by Gasteiger charge is 2.28. The first kappa shape index (κ1) is 10.7. The van der Waals surface area contributed by atoms with Gasteiger partial charge in [-0.1, -0.05) is 48.6 Å². The van der Waals surface area contributed by atoms with Crippen LogP contribution in [0.5, 0.6) is 0 Å². The lowest BCUT2D eigenvalue weighted by Crippen LogP contribution is -2.37. The maximum atomic E-state index is 2.50. The van der Waals surface area contributed by atoms with Gasteiger partial charge in [-0.3, -0.25) is 0 Å². The Labute approximate surface area is 118 Å². The molecule has 3 aromatic carbocycles. The van der Waals surface area contributed by atoms with Crippen molar-refractivity contribution in [3.05, 3.63) is 59.0 Å². The van der Waals surface area contributed by atoms with Crippen molar-refractivity contribution in [3.8, 4) is 0 Å². The van der Waals surface area contributed by atoms with E-state index in [1.807, 2.05) is 0 Å². The fourth-order valence-corrected chi connectivity index (χ4v) is 3.80. The molecule has 1 fully saturated rings. The lowest BCUT2D eigenvalue weighted by Gasteiger charge is -2.34. The predicted molar refractivity (Wildman–Crippen MR) is 85.8 cm³/mol. The molecule has 2 aliphatic rings. The van der Waals surface area contributed by atoms with E-state index in [0.717, 1.165) is 11.8 Å². The van der Waals surface area contributed by atoms with Gasteiger partial charge < -0.3 is 0 Å². The van der Waals surface area contributed by atoms with Crippen molar-refractivity contribution >= 4 is 33.7 Å². The molecule has 0 heterocycles. The van der Waals surface area contributed by atoms with E-state index in [9.17, 15) is 0 Å². The van der Waals surface area contributed by atoms with Crippen molar-refractivity contribution in [2.75, 3.05) is 0 Å². The van der Waals surface area contributed by atoms with Gasteiger partial charge in [-0.15, -0.1) is 0 Å². The highest BCUT2D eigenvalue weighted by Crippen LogP contribution is 2.37. The van der Waals surface area contributed by atoms with E-state index >= 15 is 0 Å². The molecule has 0 spiro atoms. The van der Waals surface area contributed by atoms with Gasteiger partial charge in [0.25, 0.3) is 0 Å². The summed E-state index contributed by atoms with van der Waals surface area (Å²) in [4.78, 5) is 0. The van der Waals surface area contributed by atoms with Gasteiger partial charge in [-0.25, -0.2) is 0 Å². The second kappa shape index (κ2) is 3.73. The van der Waals surface area contributed by atoms with Crippen LogP contribution in [0.25, 0.3) is 33.7 Å². The fourth-order valence-electron chi connectivity index (χ4n) is 3.80. The first-order valence-corrected chi connectivity index (χ1v) is 7.54. The normalized spacial score (nSPS) is 23.4. The van der Waals surface area contributed by atoms with Gasteiger partial charge in [0.1, 0.15) is 0 Å². The molecule has 0 bridgehead atoms. The number of hydrogen-bond donors (Lipinski definition) is 0. The Balaban J connectivity index is 1.95. The zero-order chi connectivity index (χ0) is 13.1. The summed E-state index contributed by atoms with van der Waals surface area (Å²) in [6, 6.07) is 18.0. The minimum absolute atomic E-state index is 0.801. The van der Waals surface area contributed by atoms with Crippen molar-refractivity contribution < 1.29 is 0 Å². The predicted octanol–water partition coefficient (Wildman–Crippen LogP) is 3.59. The third-order valence-corrected chi connectivity index (χ3v) is 5.12. The van der Waals surface area contributed by atoms with Gasteiger partial charge in [0.2, 0.25) is 0 Å². The molecular weight excluding hydrogens is 240 g/mol. The Morgan fingerprint density at radius 2 is 1.35 bits per heavy atom. The van der Waals surface area contributed by atoms with Gasteiger partial charge in [-0.2, -0.15) is 0 Å². The van der Waals surface area contributed by atoms with Crippen molar-refractivity contribution in [1.29, 1.82) is 0 Å². The Hall–Kier alpha value is -2.08. The molecule has 2 aliphatic carbocycles. The average Bonchev–Trinajstić information content (AvgIpc) is 2.48. The van der Waals surface area contributed by atoms with E-state index in [4.69, 9.17) is 0 Å². The second-order valence-electron chi connectivity index (χ2n) is 6.23. The van der Waals surface area contributed by atoms with Gasteiger partial charge >= 0.3 is 0 Å². The number of rotatable bonds is 0. The first-order valence-electron chi connectivity index (χ1n) is 7.54. The summed E-state index contributed by atoms with van der Waals surface area (Å²) in [6.07, 6.45) is 7.74. The minimum Gasteiger partial charge on any atom is -0.0729 e. The van der Waals surface area contributed by atoms with Crippen molar-refractivity contribution in [2.24, 2.45) is 11.8 Å². The van der Waals surface area contributed by atoms with E-state index in [1.165, 1.54) is 44.8 Å². The van der Waals surface area contributed by atoms with E-state index in [0.29, 0.717) is 0 Å². The monoisotopic (exact) mass is 256 g/mol. The Morgan fingerprint density at radius 1 is 0.650 bits per heavy atom. The van der Waals surface area contributed by atoms with Crippen LogP contribution in [-0.4, -0.2) is 0 Å². The summed E-state index contributed by atoms with van der Waals surface area (Å²) in [5.41, 5.74) is 0. The Bertz CT molecular complexity index is 962. The number of fused-ring (bicyclic) bond motifs is 5. The Kier molecular flexibility index (Phi) is 1.99. The highest BCUT2D eigenvalue weighted by molar-refractivity contribution is 6.07. The summed E-state index contributed by atoms with van der Waals surface area (Å²) >= 11 is 0.